The first-order valence-corrected chi connectivity index (χ1v) is 37.8. The van der Waals surface area contributed by atoms with Crippen LogP contribution in [0.1, 0.15) is 94.9 Å². The van der Waals surface area contributed by atoms with Crippen LogP contribution in [-0.2, 0) is 28.7 Å². The first kappa shape index (κ1) is 91.1. The molecule has 31 heteroatoms. The number of aliphatic carboxylic acids is 1. The standard InChI is InChI=1S/C24H20Cl2FNO3S.C20H12Cl2FNO3S.C15H16ClNO2S.C9H5Cl2FO.C9H6ClFO2.CH2Cl2/c1-24(2,3)31-23(30)20-17(14-8-10-16(25)11-9-14)13-32-22(20)28-21(29)19(27)12-15-6-4-5-7-18(15)26;21-13-7-5-11(6-8-13)14-10-28-19(17(14)20(26)27)24-18(25)16(23)9-12-3-1-2-4-15(12)22;1-15(2,3)19-14(18)12-11(8-20-13(12)17)9-4-6-10(16)7-5-9;10-7-4-2-1-3-6(7)5-8(12)9(11)13;10-7-4-2-1-3-6(7)5-8(11)9(12)13;2-1-3/h4-13H,1-3H3,(H,28,29);1-10H,(H,24,25)(H,26,27);4-8H,17H2,1-3H3;1-5H;1-5H,(H,12,13);1H2/b19-12-;16-9-;;2*8-5-;. The maximum absolute atomic E-state index is 14.6. The summed E-state index contributed by atoms with van der Waals surface area (Å²) in [6.07, 6.45) is 3.91. The molecule has 10 rings (SSSR count). The number of carboxylic acid groups (broad SMARTS) is 2. The van der Waals surface area contributed by atoms with Crippen LogP contribution in [0.2, 0.25) is 35.2 Å². The molecular weight excluding hydrogens is 1680 g/mol. The number of hydrogen-bond acceptors (Lipinski definition) is 13. The van der Waals surface area contributed by atoms with E-state index >= 15 is 0 Å². The van der Waals surface area contributed by atoms with Crippen LogP contribution in [0, 0.1) is 0 Å². The third-order valence-corrected chi connectivity index (χ3v) is 18.2. The lowest BCUT2D eigenvalue weighted by atomic mass is 10.0. The zero-order chi connectivity index (χ0) is 81.0. The van der Waals surface area contributed by atoms with Crippen molar-refractivity contribution in [2.24, 2.45) is 0 Å². The second-order valence-corrected chi connectivity index (χ2v) is 30.3. The summed E-state index contributed by atoms with van der Waals surface area (Å²) in [7, 11) is 0. The van der Waals surface area contributed by atoms with E-state index in [9.17, 15) is 56.2 Å². The Morgan fingerprint density at radius 3 is 1.00 bits per heavy atom. The van der Waals surface area contributed by atoms with Gasteiger partial charge in [0, 0.05) is 68.0 Å². The minimum absolute atomic E-state index is 0.0326. The van der Waals surface area contributed by atoms with Gasteiger partial charge in [0.15, 0.2) is 17.5 Å². The SMILES string of the molecule is CC(C)(C)OC(=O)c1c(-c2ccc(Cl)cc2)csc1N.CC(C)(C)OC(=O)c1c(-c2ccc(Cl)cc2)csc1NC(=O)/C(F)=C/c1ccccc1Cl.ClCCl.O=C(Cl)/C(F)=C/c1ccccc1Cl.O=C(Nc1scc(-c2ccc(Cl)cc2)c1C(=O)O)/C(F)=C/c1ccccc1Cl.O=C(O)/C(F)=C/c1ccccc1Cl. The number of alkyl halides is 2. The fourth-order valence-corrected chi connectivity index (χ4v) is 12.5. The molecule has 0 aliphatic carbocycles. The van der Waals surface area contributed by atoms with Gasteiger partial charge in [-0.2, -0.15) is 4.39 Å². The number of hydrogen-bond donors (Lipinski definition) is 5. The van der Waals surface area contributed by atoms with Gasteiger partial charge in [-0.3, -0.25) is 14.4 Å². The number of nitrogens with one attached hydrogen (secondary N) is 2. The predicted molar refractivity (Wildman–Crippen MR) is 440 cm³/mol. The summed E-state index contributed by atoms with van der Waals surface area (Å²) in [6, 6.07) is 46.8. The van der Waals surface area contributed by atoms with Crippen molar-refractivity contribution in [2.75, 3.05) is 21.7 Å². The number of amides is 2. The lowest BCUT2D eigenvalue weighted by Crippen LogP contribution is -2.25. The van der Waals surface area contributed by atoms with Crippen molar-refractivity contribution < 1.29 is 70.8 Å². The monoisotopic (exact) mass is 1740 g/mol. The number of thiophene rings is 3. The molecule has 0 aliphatic rings. The van der Waals surface area contributed by atoms with Gasteiger partial charge in [-0.25, -0.2) is 32.3 Å². The second kappa shape index (κ2) is 43.8. The first-order chi connectivity index (χ1) is 51.3. The number of carboxylic acids is 2. The smallest absolute Gasteiger partial charge is 0.364 e. The van der Waals surface area contributed by atoms with Gasteiger partial charge in [0.2, 0.25) is 5.83 Å². The Labute approximate surface area is 686 Å². The molecule has 10 aromatic rings. The van der Waals surface area contributed by atoms with E-state index < -0.39 is 75.4 Å². The Hall–Kier alpha value is -8.49. The van der Waals surface area contributed by atoms with Gasteiger partial charge in [0.1, 0.15) is 42.9 Å². The Morgan fingerprint density at radius 1 is 0.422 bits per heavy atom. The molecule has 570 valence electrons. The van der Waals surface area contributed by atoms with Gasteiger partial charge in [-0.15, -0.1) is 57.2 Å². The molecule has 14 nitrogen and oxygen atoms in total. The number of ether oxygens (including phenoxy) is 2. The molecule has 0 atom stereocenters. The number of carbonyl (C=O) groups is 7. The molecule has 0 spiro atoms. The molecule has 0 fully saturated rings. The highest BCUT2D eigenvalue weighted by Gasteiger charge is 2.29. The summed E-state index contributed by atoms with van der Waals surface area (Å²) in [5.74, 6) is -10.3. The van der Waals surface area contributed by atoms with Crippen molar-refractivity contribution in [3.05, 3.63) is 283 Å². The Kier molecular flexibility index (Phi) is 36.6. The summed E-state index contributed by atoms with van der Waals surface area (Å²) in [4.78, 5) is 82.2. The zero-order valence-electron chi connectivity index (χ0n) is 57.6. The summed E-state index contributed by atoms with van der Waals surface area (Å²) in [5, 5.41) is 30.5. The quantitative estimate of drug-likeness (QED) is 0.0200. The van der Waals surface area contributed by atoms with Crippen LogP contribution in [-0.4, -0.2) is 67.7 Å². The van der Waals surface area contributed by atoms with Crippen molar-refractivity contribution in [1.29, 1.82) is 0 Å². The van der Waals surface area contributed by atoms with Gasteiger partial charge in [0.25, 0.3) is 17.1 Å². The fraction of sp³-hybridized carbons (Fsp3) is 0.115. The van der Waals surface area contributed by atoms with Gasteiger partial charge in [-0.1, -0.05) is 190 Å². The summed E-state index contributed by atoms with van der Waals surface area (Å²) >= 11 is 58.9. The number of benzene rings is 7. The van der Waals surface area contributed by atoms with Crippen LogP contribution in [0.25, 0.3) is 57.7 Å². The second-order valence-electron chi connectivity index (χ2n) is 23.6. The highest BCUT2D eigenvalue weighted by Crippen LogP contribution is 2.40. The molecule has 3 aromatic heterocycles. The first-order valence-electron chi connectivity index (χ1n) is 31.1. The number of halogens is 14. The van der Waals surface area contributed by atoms with E-state index in [0.717, 1.165) is 58.1 Å². The molecule has 0 unspecified atom stereocenters. The van der Waals surface area contributed by atoms with Crippen LogP contribution in [0.15, 0.2) is 209 Å². The van der Waals surface area contributed by atoms with Crippen LogP contribution in [0.3, 0.4) is 0 Å². The summed E-state index contributed by atoms with van der Waals surface area (Å²) < 4.78 is 65.1. The van der Waals surface area contributed by atoms with E-state index in [2.05, 4.69) is 10.6 Å². The van der Waals surface area contributed by atoms with Crippen LogP contribution in [0.5, 0.6) is 0 Å². The van der Waals surface area contributed by atoms with Gasteiger partial charge < -0.3 is 36.1 Å². The molecule has 109 heavy (non-hydrogen) atoms. The molecular formula is C78H61Cl10F4N3O11S3. The number of anilines is 3. The third-order valence-electron chi connectivity index (χ3n) is 13.3. The van der Waals surface area contributed by atoms with E-state index in [1.807, 2.05) is 38.3 Å². The van der Waals surface area contributed by atoms with E-state index in [0.29, 0.717) is 85.2 Å². The molecule has 6 N–H and O–H groups in total. The van der Waals surface area contributed by atoms with Crippen molar-refractivity contribution in [3.8, 4) is 33.4 Å². The van der Waals surface area contributed by atoms with E-state index in [1.165, 1.54) is 17.4 Å². The minimum atomic E-state index is -1.60. The lowest BCUT2D eigenvalue weighted by molar-refractivity contribution is -0.134. The largest absolute Gasteiger partial charge is 0.478 e. The van der Waals surface area contributed by atoms with Crippen LogP contribution in [0.4, 0.5) is 32.6 Å². The summed E-state index contributed by atoms with van der Waals surface area (Å²) in [5.41, 5.74) is 10.5. The lowest BCUT2D eigenvalue weighted by Gasteiger charge is -2.20. The topological polar surface area (TPSA) is 228 Å². The van der Waals surface area contributed by atoms with E-state index in [1.54, 1.807) is 183 Å². The van der Waals surface area contributed by atoms with Gasteiger partial charge >= 0.3 is 23.9 Å². The minimum Gasteiger partial charge on any atom is -0.478 e. The molecule has 3 heterocycles. The van der Waals surface area contributed by atoms with Crippen LogP contribution < -0.4 is 16.4 Å². The van der Waals surface area contributed by atoms with Crippen molar-refractivity contribution in [1.82, 2.24) is 0 Å². The molecule has 0 aliphatic heterocycles. The number of carbonyl (C=O) groups excluding carboxylic acids is 5. The maximum atomic E-state index is 14.6. The average Bonchev–Trinajstić information content (AvgIpc) is 1.70. The van der Waals surface area contributed by atoms with Crippen LogP contribution >= 0.6 is 150 Å². The van der Waals surface area contributed by atoms with Gasteiger partial charge in [-0.05, 0) is 177 Å². The predicted octanol–water partition coefficient (Wildman–Crippen LogP) is 26.2. The normalized spacial score (nSPS) is 11.4. The summed E-state index contributed by atoms with van der Waals surface area (Å²) in [6.45, 7) is 10.7. The van der Waals surface area contributed by atoms with E-state index in [4.69, 9.17) is 136 Å². The molecule has 0 radical (unpaired) electrons. The number of nitrogens with two attached hydrogens (primary N) is 1. The Morgan fingerprint density at radius 2 is 0.697 bits per heavy atom. The Balaban J connectivity index is 0.000000252. The number of allylic oxidation sites excluding steroid dienone is 1. The highest BCUT2D eigenvalue weighted by molar-refractivity contribution is 7.16. The maximum Gasteiger partial charge on any atom is 0.364 e. The van der Waals surface area contributed by atoms with Crippen molar-refractivity contribution in [3.63, 3.8) is 0 Å². The highest BCUT2D eigenvalue weighted by atomic mass is 35.5. The van der Waals surface area contributed by atoms with Crippen molar-refractivity contribution in [2.45, 2.75) is 52.7 Å². The molecule has 7 aromatic carbocycles. The van der Waals surface area contributed by atoms with Gasteiger partial charge in [0.05, 0.1) is 5.34 Å². The van der Waals surface area contributed by atoms with Crippen molar-refractivity contribution >= 4 is 230 Å². The molecule has 2 amide bonds. The Bertz CT molecular complexity index is 4930. The molecule has 0 saturated heterocycles. The average molecular weight is 1740 g/mol. The fourth-order valence-electron chi connectivity index (χ4n) is 8.57. The number of nitrogen functional groups attached to an aromatic ring is 1. The number of esters is 2. The number of rotatable bonds is 16. The zero-order valence-corrected chi connectivity index (χ0v) is 67.6. The number of aromatic carboxylic acids is 1. The molecule has 0 bridgehead atoms. The molecule has 0 saturated carbocycles. The third kappa shape index (κ3) is 29.7. The van der Waals surface area contributed by atoms with E-state index in [-0.39, 0.29) is 31.5 Å².